The highest BCUT2D eigenvalue weighted by Gasteiger charge is 2.47. The van der Waals surface area contributed by atoms with Gasteiger partial charge in [0, 0.05) is 44.4 Å². The molecule has 0 aromatic heterocycles. The summed E-state index contributed by atoms with van der Waals surface area (Å²) in [6, 6.07) is 0. The number of hydrogen-bond acceptors (Lipinski definition) is 9. The van der Waals surface area contributed by atoms with E-state index in [1.54, 1.807) is 24.0 Å². The lowest BCUT2D eigenvalue weighted by Gasteiger charge is -2.31. The molecule has 3 aliphatic rings. The summed E-state index contributed by atoms with van der Waals surface area (Å²) >= 11 is 0. The fourth-order valence-electron chi connectivity index (χ4n) is 5.84. The van der Waals surface area contributed by atoms with Crippen LogP contribution in [0.5, 0.6) is 0 Å². The Kier molecular flexibility index (Phi) is 13.3. The number of aliphatic hydroxyl groups is 3. The zero-order chi connectivity index (χ0) is 31.7. The Morgan fingerprint density at radius 2 is 1.95 bits per heavy atom. The highest BCUT2D eigenvalue weighted by atomic mass is 16.6. The minimum Gasteiger partial charge on any atom is -0.457 e. The molecule has 1 amide bonds. The third-order valence-electron chi connectivity index (χ3n) is 8.91. The van der Waals surface area contributed by atoms with Gasteiger partial charge in [-0.3, -0.25) is 4.79 Å². The molecule has 0 radical (unpaired) electrons. The summed E-state index contributed by atoms with van der Waals surface area (Å²) in [6.45, 7) is 14.1. The van der Waals surface area contributed by atoms with Gasteiger partial charge in [-0.15, -0.1) is 0 Å². The molecule has 2 saturated heterocycles. The van der Waals surface area contributed by atoms with Gasteiger partial charge in [-0.1, -0.05) is 52.0 Å². The van der Waals surface area contributed by atoms with Crippen LogP contribution in [0.2, 0.25) is 0 Å². The number of ether oxygens (including phenoxy) is 3. The molecule has 0 aromatic carbocycles. The molecule has 10 heteroatoms. The van der Waals surface area contributed by atoms with Gasteiger partial charge in [-0.25, -0.2) is 4.79 Å². The number of allylic oxidation sites excluding steroid dienone is 2. The van der Waals surface area contributed by atoms with Crippen LogP contribution in [0.25, 0.3) is 0 Å². The number of aliphatic hydroxyl groups excluding tert-OH is 2. The molecule has 244 valence electrons. The van der Waals surface area contributed by atoms with Crippen LogP contribution >= 0.6 is 0 Å². The van der Waals surface area contributed by atoms with E-state index in [1.807, 2.05) is 52.8 Å². The molecule has 0 aliphatic carbocycles. The molecule has 4 N–H and O–H groups in total. The van der Waals surface area contributed by atoms with Crippen molar-refractivity contribution in [3.05, 3.63) is 36.0 Å². The molecule has 10 nitrogen and oxygen atoms in total. The van der Waals surface area contributed by atoms with Gasteiger partial charge in [-0.2, -0.15) is 0 Å². The van der Waals surface area contributed by atoms with Crippen LogP contribution in [0.3, 0.4) is 0 Å². The molecule has 10 atom stereocenters. The van der Waals surface area contributed by atoms with Crippen LogP contribution in [-0.2, 0) is 19.0 Å². The molecule has 3 rings (SSSR count). The number of hydrogen-bond donors (Lipinski definition) is 4. The third-order valence-corrected chi connectivity index (χ3v) is 8.91. The van der Waals surface area contributed by atoms with Crippen molar-refractivity contribution in [2.45, 2.75) is 116 Å². The molecular formula is C33H54N2O8. The lowest BCUT2D eigenvalue weighted by Crippen LogP contribution is -2.47. The van der Waals surface area contributed by atoms with E-state index in [0.29, 0.717) is 38.8 Å². The van der Waals surface area contributed by atoms with Crippen molar-refractivity contribution in [2.24, 2.45) is 17.8 Å². The normalized spacial score (nSPS) is 34.7. The second kappa shape index (κ2) is 16.2. The number of epoxide rings is 1. The number of piperazine rings is 1. The SMILES string of the molecule is CCC(O)C(C)C1OC1CC(C)(O)/C=C/C=C(\C)C1OC(=O)CC(O)CCC(C)C(OC(=O)N2CCNCC2)/C=C\C1C. The number of carbonyl (C=O) groups is 2. The summed E-state index contributed by atoms with van der Waals surface area (Å²) in [6.07, 6.45) is 8.11. The smallest absolute Gasteiger partial charge is 0.410 e. The van der Waals surface area contributed by atoms with Crippen molar-refractivity contribution < 1.29 is 39.1 Å². The number of carbonyl (C=O) groups excluding carboxylic acids is 2. The highest BCUT2D eigenvalue weighted by Crippen LogP contribution is 2.37. The van der Waals surface area contributed by atoms with Gasteiger partial charge >= 0.3 is 12.1 Å². The Labute approximate surface area is 257 Å². The van der Waals surface area contributed by atoms with E-state index < -0.39 is 36.0 Å². The number of esters is 1. The molecule has 0 bridgehead atoms. The zero-order valence-corrected chi connectivity index (χ0v) is 26.8. The first-order valence-corrected chi connectivity index (χ1v) is 15.9. The molecule has 3 aliphatic heterocycles. The summed E-state index contributed by atoms with van der Waals surface area (Å²) < 4.78 is 17.5. The maximum atomic E-state index is 12.9. The molecule has 3 heterocycles. The average molecular weight is 607 g/mol. The minimum atomic E-state index is -1.12. The first kappa shape index (κ1) is 35.2. The number of nitrogens with zero attached hydrogens (tertiary/aromatic N) is 1. The highest BCUT2D eigenvalue weighted by molar-refractivity contribution is 5.70. The van der Waals surface area contributed by atoms with E-state index in [4.69, 9.17) is 14.2 Å². The summed E-state index contributed by atoms with van der Waals surface area (Å²) in [7, 11) is 0. The lowest BCUT2D eigenvalue weighted by molar-refractivity contribution is -0.151. The second-order valence-electron chi connectivity index (χ2n) is 13.0. The number of amides is 1. The second-order valence-corrected chi connectivity index (χ2v) is 13.0. The topological polar surface area (TPSA) is 141 Å². The Morgan fingerprint density at radius 1 is 1.26 bits per heavy atom. The van der Waals surface area contributed by atoms with Gasteiger partial charge in [0.15, 0.2) is 0 Å². The van der Waals surface area contributed by atoms with Crippen molar-refractivity contribution in [1.29, 1.82) is 0 Å². The van der Waals surface area contributed by atoms with E-state index >= 15 is 0 Å². The summed E-state index contributed by atoms with van der Waals surface area (Å²) in [5.74, 6) is -0.764. The van der Waals surface area contributed by atoms with Gasteiger partial charge in [0.05, 0.1) is 36.4 Å². The fourth-order valence-corrected chi connectivity index (χ4v) is 5.84. The maximum Gasteiger partial charge on any atom is 0.410 e. The van der Waals surface area contributed by atoms with Crippen LogP contribution in [-0.4, -0.2) is 101 Å². The third kappa shape index (κ3) is 11.0. The number of cyclic esters (lactones) is 1. The van der Waals surface area contributed by atoms with Gasteiger partial charge < -0.3 is 39.7 Å². The zero-order valence-electron chi connectivity index (χ0n) is 26.8. The largest absolute Gasteiger partial charge is 0.457 e. The Morgan fingerprint density at radius 3 is 2.63 bits per heavy atom. The van der Waals surface area contributed by atoms with Crippen LogP contribution in [0.4, 0.5) is 4.79 Å². The molecular weight excluding hydrogens is 552 g/mol. The maximum absolute atomic E-state index is 12.9. The summed E-state index contributed by atoms with van der Waals surface area (Å²) in [4.78, 5) is 27.3. The van der Waals surface area contributed by atoms with E-state index in [-0.39, 0.29) is 42.5 Å². The van der Waals surface area contributed by atoms with Crippen molar-refractivity contribution in [3.63, 3.8) is 0 Å². The van der Waals surface area contributed by atoms with Crippen LogP contribution in [0.15, 0.2) is 36.0 Å². The molecule has 10 unspecified atom stereocenters. The predicted molar refractivity (Wildman–Crippen MR) is 164 cm³/mol. The molecule has 0 aromatic rings. The van der Waals surface area contributed by atoms with E-state index in [2.05, 4.69) is 5.32 Å². The van der Waals surface area contributed by atoms with Crippen LogP contribution in [0.1, 0.15) is 73.6 Å². The fraction of sp³-hybridized carbons (Fsp3) is 0.758. The quantitative estimate of drug-likeness (QED) is 0.134. The van der Waals surface area contributed by atoms with Gasteiger partial charge in [0.2, 0.25) is 0 Å². The first-order valence-electron chi connectivity index (χ1n) is 15.9. The summed E-state index contributed by atoms with van der Waals surface area (Å²) in [5, 5.41) is 34.8. The van der Waals surface area contributed by atoms with Gasteiger partial charge in [0.1, 0.15) is 12.2 Å². The minimum absolute atomic E-state index is 0.00827. The van der Waals surface area contributed by atoms with Gasteiger partial charge in [0.25, 0.3) is 0 Å². The van der Waals surface area contributed by atoms with Crippen molar-refractivity contribution in [3.8, 4) is 0 Å². The summed E-state index contributed by atoms with van der Waals surface area (Å²) in [5.41, 5.74) is -0.351. The number of rotatable bonds is 9. The Bertz CT molecular complexity index is 1000. The van der Waals surface area contributed by atoms with Crippen molar-refractivity contribution in [1.82, 2.24) is 10.2 Å². The lowest BCUT2D eigenvalue weighted by atomic mass is 9.91. The van der Waals surface area contributed by atoms with E-state index in [9.17, 15) is 24.9 Å². The van der Waals surface area contributed by atoms with E-state index in [0.717, 1.165) is 18.7 Å². The Hall–Kier alpha value is -2.24. The van der Waals surface area contributed by atoms with Crippen LogP contribution < -0.4 is 5.32 Å². The first-order chi connectivity index (χ1) is 20.3. The van der Waals surface area contributed by atoms with Crippen LogP contribution in [0, 0.1) is 17.8 Å². The Balaban J connectivity index is 1.70. The average Bonchev–Trinajstić information content (AvgIpc) is 3.73. The van der Waals surface area contributed by atoms with Crippen molar-refractivity contribution >= 4 is 12.1 Å². The van der Waals surface area contributed by atoms with Crippen molar-refractivity contribution in [2.75, 3.05) is 26.2 Å². The molecule has 0 saturated carbocycles. The molecule has 0 spiro atoms. The van der Waals surface area contributed by atoms with Gasteiger partial charge in [-0.05, 0) is 50.7 Å². The molecule has 43 heavy (non-hydrogen) atoms. The monoisotopic (exact) mass is 606 g/mol. The predicted octanol–water partition coefficient (Wildman–Crippen LogP) is 3.50. The molecule has 2 fully saturated rings. The number of nitrogens with one attached hydrogen (secondary N) is 1. The standard InChI is InChI=1S/C33H54N2O8/c1-7-26(37)24(5)31-28(41-31)20-33(6,40)14-8-9-22(3)30-23(4)11-13-27(42-32(39)35-17-15-34-16-18-35)21(2)10-12-25(36)19-29(38)43-30/h8-9,11,13-14,21,23-28,30-31,34,36-37,40H,7,10,12,15-20H2,1-6H3/b13-11-,14-8+,22-9+. The van der Waals surface area contributed by atoms with E-state index in [1.165, 1.54) is 0 Å².